The number of nitrogens with zero attached hydrogens (tertiary/aromatic N) is 1. The standard InChI is InChI=1S/C16H21N3O/c1-2-20-14-5-3-12(4-6-14)15-11-18-16(19-15)13-7-9-17-10-8-13/h3-6,11,13,17H,2,7-10H2,1H3,(H,18,19). The molecule has 4 heteroatoms. The van der Waals surface area contributed by atoms with Crippen LogP contribution < -0.4 is 10.1 Å². The number of benzene rings is 1. The molecule has 20 heavy (non-hydrogen) atoms. The zero-order valence-electron chi connectivity index (χ0n) is 11.9. The van der Waals surface area contributed by atoms with Crippen molar-refractivity contribution in [3.8, 4) is 17.0 Å². The molecule has 0 unspecified atom stereocenters. The third kappa shape index (κ3) is 2.85. The molecule has 106 valence electrons. The lowest BCUT2D eigenvalue weighted by Gasteiger charge is -2.20. The summed E-state index contributed by atoms with van der Waals surface area (Å²) in [4.78, 5) is 8.03. The van der Waals surface area contributed by atoms with E-state index in [0.29, 0.717) is 12.5 Å². The van der Waals surface area contributed by atoms with E-state index >= 15 is 0 Å². The molecule has 0 atom stereocenters. The van der Waals surface area contributed by atoms with Crippen LogP contribution in [0.3, 0.4) is 0 Å². The number of aromatic amines is 1. The molecule has 2 heterocycles. The first kappa shape index (κ1) is 13.2. The third-order valence-electron chi connectivity index (χ3n) is 3.80. The van der Waals surface area contributed by atoms with E-state index in [1.807, 2.05) is 25.3 Å². The molecule has 1 aromatic carbocycles. The minimum absolute atomic E-state index is 0.563. The van der Waals surface area contributed by atoms with Crippen LogP contribution in [0.5, 0.6) is 5.75 Å². The van der Waals surface area contributed by atoms with Crippen molar-refractivity contribution in [3.05, 3.63) is 36.3 Å². The van der Waals surface area contributed by atoms with Crippen LogP contribution in [0, 0.1) is 0 Å². The van der Waals surface area contributed by atoms with Crippen molar-refractivity contribution < 1.29 is 4.74 Å². The van der Waals surface area contributed by atoms with Crippen molar-refractivity contribution in [2.24, 2.45) is 0 Å². The average molecular weight is 271 g/mol. The highest BCUT2D eigenvalue weighted by molar-refractivity contribution is 5.59. The number of imidazole rings is 1. The monoisotopic (exact) mass is 271 g/mol. The first-order chi connectivity index (χ1) is 9.86. The fourth-order valence-electron chi connectivity index (χ4n) is 2.68. The Kier molecular flexibility index (Phi) is 4.02. The molecule has 0 amide bonds. The van der Waals surface area contributed by atoms with Gasteiger partial charge in [0.25, 0.3) is 0 Å². The maximum absolute atomic E-state index is 5.46. The highest BCUT2D eigenvalue weighted by atomic mass is 16.5. The van der Waals surface area contributed by atoms with Gasteiger partial charge in [0.2, 0.25) is 0 Å². The van der Waals surface area contributed by atoms with Crippen LogP contribution in [-0.4, -0.2) is 29.7 Å². The van der Waals surface area contributed by atoms with E-state index in [1.54, 1.807) is 0 Å². The van der Waals surface area contributed by atoms with Crippen LogP contribution in [-0.2, 0) is 0 Å². The molecule has 0 radical (unpaired) electrons. The lowest BCUT2D eigenvalue weighted by molar-refractivity contribution is 0.340. The van der Waals surface area contributed by atoms with Crippen LogP contribution in [0.1, 0.15) is 31.5 Å². The number of aromatic nitrogens is 2. The van der Waals surface area contributed by atoms with Gasteiger partial charge < -0.3 is 15.0 Å². The Morgan fingerprint density at radius 3 is 2.65 bits per heavy atom. The highest BCUT2D eigenvalue weighted by Crippen LogP contribution is 2.26. The Morgan fingerprint density at radius 1 is 1.20 bits per heavy atom. The molecule has 1 aliphatic rings. The van der Waals surface area contributed by atoms with Crippen molar-refractivity contribution in [1.29, 1.82) is 0 Å². The molecule has 2 N–H and O–H groups in total. The van der Waals surface area contributed by atoms with E-state index in [1.165, 1.54) is 0 Å². The van der Waals surface area contributed by atoms with Crippen molar-refractivity contribution in [1.82, 2.24) is 15.3 Å². The zero-order valence-corrected chi connectivity index (χ0v) is 11.9. The molecule has 0 aliphatic carbocycles. The fraction of sp³-hybridized carbons (Fsp3) is 0.438. The Hall–Kier alpha value is -1.81. The number of hydrogen-bond donors (Lipinski definition) is 2. The number of ether oxygens (including phenoxy) is 1. The number of nitrogens with one attached hydrogen (secondary N) is 2. The van der Waals surface area contributed by atoms with Gasteiger partial charge in [0.05, 0.1) is 18.5 Å². The van der Waals surface area contributed by atoms with Crippen molar-refractivity contribution in [3.63, 3.8) is 0 Å². The molecule has 1 fully saturated rings. The molecule has 1 aromatic heterocycles. The van der Waals surface area contributed by atoms with E-state index in [-0.39, 0.29) is 0 Å². The van der Waals surface area contributed by atoms with E-state index < -0.39 is 0 Å². The van der Waals surface area contributed by atoms with E-state index in [0.717, 1.165) is 48.8 Å². The smallest absolute Gasteiger partial charge is 0.119 e. The molecular formula is C16H21N3O. The Balaban J connectivity index is 1.75. The summed E-state index contributed by atoms with van der Waals surface area (Å²) in [5, 5.41) is 3.39. The summed E-state index contributed by atoms with van der Waals surface area (Å²) in [5.74, 6) is 2.59. The quantitative estimate of drug-likeness (QED) is 0.899. The second-order valence-corrected chi connectivity index (χ2v) is 5.16. The summed E-state index contributed by atoms with van der Waals surface area (Å²) < 4.78 is 5.46. The largest absolute Gasteiger partial charge is 0.494 e. The summed E-state index contributed by atoms with van der Waals surface area (Å²) >= 11 is 0. The molecule has 1 saturated heterocycles. The van der Waals surface area contributed by atoms with Crippen molar-refractivity contribution >= 4 is 0 Å². The fourth-order valence-corrected chi connectivity index (χ4v) is 2.68. The first-order valence-electron chi connectivity index (χ1n) is 7.35. The molecule has 4 nitrogen and oxygen atoms in total. The lowest BCUT2D eigenvalue weighted by atomic mass is 9.98. The summed E-state index contributed by atoms with van der Waals surface area (Å²) in [6.45, 7) is 4.87. The number of hydrogen-bond acceptors (Lipinski definition) is 3. The number of rotatable bonds is 4. The van der Waals surface area contributed by atoms with Crippen molar-refractivity contribution in [2.45, 2.75) is 25.7 Å². The number of H-pyrrole nitrogens is 1. The predicted molar refractivity (Wildman–Crippen MR) is 80.0 cm³/mol. The zero-order chi connectivity index (χ0) is 13.8. The van der Waals surface area contributed by atoms with Gasteiger partial charge in [-0.15, -0.1) is 0 Å². The van der Waals surface area contributed by atoms with Crippen LogP contribution in [0.2, 0.25) is 0 Å². The predicted octanol–water partition coefficient (Wildman–Crippen LogP) is 2.94. The van der Waals surface area contributed by atoms with Gasteiger partial charge in [0.1, 0.15) is 11.6 Å². The normalized spacial score (nSPS) is 16.2. The molecule has 0 saturated carbocycles. The third-order valence-corrected chi connectivity index (χ3v) is 3.80. The second kappa shape index (κ2) is 6.09. The van der Waals surface area contributed by atoms with Gasteiger partial charge in [-0.05, 0) is 62.7 Å². The Morgan fingerprint density at radius 2 is 1.95 bits per heavy atom. The second-order valence-electron chi connectivity index (χ2n) is 5.16. The molecule has 0 spiro atoms. The molecule has 0 bridgehead atoms. The average Bonchev–Trinajstić information content (AvgIpc) is 2.99. The van der Waals surface area contributed by atoms with Gasteiger partial charge in [0.15, 0.2) is 0 Å². The summed E-state index contributed by atoms with van der Waals surface area (Å²) in [6.07, 6.45) is 4.26. The summed E-state index contributed by atoms with van der Waals surface area (Å²) in [6, 6.07) is 8.16. The van der Waals surface area contributed by atoms with Gasteiger partial charge >= 0.3 is 0 Å². The SMILES string of the molecule is CCOc1ccc(-c2cnc(C3CCNCC3)[nH]2)cc1. The van der Waals surface area contributed by atoms with Crippen LogP contribution in [0.25, 0.3) is 11.3 Å². The first-order valence-corrected chi connectivity index (χ1v) is 7.35. The summed E-state index contributed by atoms with van der Waals surface area (Å²) in [7, 11) is 0. The van der Waals surface area contributed by atoms with Crippen LogP contribution in [0.15, 0.2) is 30.5 Å². The Bertz CT molecular complexity index is 541. The van der Waals surface area contributed by atoms with Gasteiger partial charge in [-0.2, -0.15) is 0 Å². The topological polar surface area (TPSA) is 49.9 Å². The highest BCUT2D eigenvalue weighted by Gasteiger charge is 2.18. The summed E-state index contributed by atoms with van der Waals surface area (Å²) in [5.41, 5.74) is 2.24. The van der Waals surface area contributed by atoms with Gasteiger partial charge in [-0.1, -0.05) is 0 Å². The minimum atomic E-state index is 0.563. The van der Waals surface area contributed by atoms with Crippen molar-refractivity contribution in [2.75, 3.05) is 19.7 Å². The maximum atomic E-state index is 5.46. The van der Waals surface area contributed by atoms with Gasteiger partial charge in [-0.25, -0.2) is 4.98 Å². The molecule has 1 aliphatic heterocycles. The Labute approximate surface area is 119 Å². The molecular weight excluding hydrogens is 250 g/mol. The maximum Gasteiger partial charge on any atom is 0.119 e. The number of piperidine rings is 1. The van der Waals surface area contributed by atoms with E-state index in [2.05, 4.69) is 27.4 Å². The van der Waals surface area contributed by atoms with Crippen LogP contribution in [0.4, 0.5) is 0 Å². The van der Waals surface area contributed by atoms with Crippen LogP contribution >= 0.6 is 0 Å². The van der Waals surface area contributed by atoms with E-state index in [4.69, 9.17) is 4.74 Å². The minimum Gasteiger partial charge on any atom is -0.494 e. The molecule has 3 rings (SSSR count). The van der Waals surface area contributed by atoms with Gasteiger partial charge in [-0.3, -0.25) is 0 Å². The molecule has 2 aromatic rings. The lowest BCUT2D eigenvalue weighted by Crippen LogP contribution is -2.27. The van der Waals surface area contributed by atoms with E-state index in [9.17, 15) is 0 Å². The van der Waals surface area contributed by atoms with Gasteiger partial charge in [0, 0.05) is 5.92 Å².